The Hall–Kier alpha value is -2.36. The Morgan fingerprint density at radius 2 is 1.86 bits per heavy atom. The molecular formula is C17H16FNO2. The molecule has 0 spiro atoms. The van der Waals surface area contributed by atoms with Crippen LogP contribution in [0.15, 0.2) is 54.6 Å². The minimum atomic E-state index is -1.10. The molecule has 2 aromatic carbocycles. The summed E-state index contributed by atoms with van der Waals surface area (Å²) in [5.41, 5.74) is 2.68. The topological polar surface area (TPSA) is 38.3 Å². The van der Waals surface area contributed by atoms with Crippen LogP contribution >= 0.6 is 0 Å². The lowest BCUT2D eigenvalue weighted by Crippen LogP contribution is -2.32. The monoisotopic (exact) mass is 285 g/mol. The summed E-state index contributed by atoms with van der Waals surface area (Å²) in [4.78, 5) is 11.8. The summed E-state index contributed by atoms with van der Waals surface area (Å²) in [7, 11) is 0. The molecule has 108 valence electrons. The Balaban J connectivity index is 1.60. The molecule has 1 aliphatic rings. The highest BCUT2D eigenvalue weighted by Gasteiger charge is 2.33. The number of fused-ring (bicyclic) bond motifs is 1. The molecular weight excluding hydrogens is 269 g/mol. The maximum Gasteiger partial charge on any atom is 0.408 e. The van der Waals surface area contributed by atoms with E-state index in [4.69, 9.17) is 4.74 Å². The van der Waals surface area contributed by atoms with Gasteiger partial charge in [-0.25, -0.2) is 9.18 Å². The van der Waals surface area contributed by atoms with E-state index in [0.29, 0.717) is 6.42 Å². The van der Waals surface area contributed by atoms with Crippen molar-refractivity contribution in [1.29, 1.82) is 0 Å². The van der Waals surface area contributed by atoms with Gasteiger partial charge in [0.1, 0.15) is 12.8 Å². The molecule has 3 rings (SSSR count). The lowest BCUT2D eigenvalue weighted by Gasteiger charge is -2.16. The number of ether oxygens (including phenoxy) is 1. The Labute approximate surface area is 122 Å². The Morgan fingerprint density at radius 1 is 1.14 bits per heavy atom. The molecule has 2 atom stereocenters. The Kier molecular flexibility index (Phi) is 3.86. The number of carbonyl (C=O) groups is 1. The molecule has 0 aromatic heterocycles. The average molecular weight is 285 g/mol. The van der Waals surface area contributed by atoms with E-state index in [1.165, 1.54) is 0 Å². The molecule has 21 heavy (non-hydrogen) atoms. The Bertz CT molecular complexity index is 630. The van der Waals surface area contributed by atoms with Crippen LogP contribution in [0.4, 0.5) is 9.18 Å². The van der Waals surface area contributed by atoms with Crippen molar-refractivity contribution < 1.29 is 13.9 Å². The van der Waals surface area contributed by atoms with Gasteiger partial charge in [-0.2, -0.15) is 0 Å². The van der Waals surface area contributed by atoms with E-state index in [2.05, 4.69) is 5.32 Å². The largest absolute Gasteiger partial charge is 0.445 e. The van der Waals surface area contributed by atoms with Gasteiger partial charge in [0, 0.05) is 6.42 Å². The van der Waals surface area contributed by atoms with Crippen molar-refractivity contribution in [3.63, 3.8) is 0 Å². The first-order valence-electron chi connectivity index (χ1n) is 6.93. The van der Waals surface area contributed by atoms with Crippen LogP contribution in [-0.4, -0.2) is 12.3 Å². The highest BCUT2D eigenvalue weighted by atomic mass is 19.1. The van der Waals surface area contributed by atoms with E-state index in [9.17, 15) is 9.18 Å². The van der Waals surface area contributed by atoms with Gasteiger partial charge in [-0.15, -0.1) is 0 Å². The first-order chi connectivity index (χ1) is 10.2. The summed E-state index contributed by atoms with van der Waals surface area (Å²) < 4.78 is 19.2. The van der Waals surface area contributed by atoms with Crippen LogP contribution < -0.4 is 5.32 Å². The molecule has 0 heterocycles. The molecule has 2 aromatic rings. The van der Waals surface area contributed by atoms with Crippen molar-refractivity contribution in [1.82, 2.24) is 5.32 Å². The summed E-state index contributed by atoms with van der Waals surface area (Å²) in [6.45, 7) is 0.179. The second kappa shape index (κ2) is 5.95. The van der Waals surface area contributed by atoms with Crippen LogP contribution in [0.3, 0.4) is 0 Å². The standard InChI is InChI=1S/C17H16FNO2/c18-15-10-13-8-4-5-9-14(13)16(15)19-17(20)21-11-12-6-2-1-3-7-12/h1-9,15-16H,10-11H2,(H,19,20)/t15-,16+/m1/s1. The summed E-state index contributed by atoms with van der Waals surface area (Å²) >= 11 is 0. The lowest BCUT2D eigenvalue weighted by molar-refractivity contribution is 0.129. The highest BCUT2D eigenvalue weighted by molar-refractivity contribution is 5.68. The average Bonchev–Trinajstić information content (AvgIpc) is 2.82. The number of hydrogen-bond acceptors (Lipinski definition) is 2. The fraction of sp³-hybridized carbons (Fsp3) is 0.235. The van der Waals surface area contributed by atoms with Crippen LogP contribution in [0.2, 0.25) is 0 Å². The van der Waals surface area contributed by atoms with E-state index < -0.39 is 18.3 Å². The molecule has 3 nitrogen and oxygen atoms in total. The molecule has 0 fully saturated rings. The van der Waals surface area contributed by atoms with Gasteiger partial charge in [0.25, 0.3) is 0 Å². The van der Waals surface area contributed by atoms with Crippen LogP contribution in [0.1, 0.15) is 22.7 Å². The fourth-order valence-electron chi connectivity index (χ4n) is 2.61. The number of nitrogens with one attached hydrogen (secondary N) is 1. The molecule has 0 bridgehead atoms. The van der Waals surface area contributed by atoms with Crippen molar-refractivity contribution >= 4 is 6.09 Å². The first kappa shape index (κ1) is 13.6. The van der Waals surface area contributed by atoms with Gasteiger partial charge in [0.15, 0.2) is 0 Å². The van der Waals surface area contributed by atoms with Crippen LogP contribution in [0, 0.1) is 0 Å². The van der Waals surface area contributed by atoms with Gasteiger partial charge in [-0.3, -0.25) is 0 Å². The van der Waals surface area contributed by atoms with E-state index in [-0.39, 0.29) is 6.61 Å². The molecule has 1 N–H and O–H groups in total. The Morgan fingerprint density at radius 3 is 2.67 bits per heavy atom. The molecule has 1 aliphatic carbocycles. The number of hydrogen-bond donors (Lipinski definition) is 1. The normalized spacial score (nSPS) is 19.9. The van der Waals surface area contributed by atoms with Gasteiger partial charge in [-0.05, 0) is 16.7 Å². The number of amides is 1. The predicted octanol–water partition coefficient (Wildman–Crippen LogP) is 3.55. The molecule has 0 saturated heterocycles. The highest BCUT2D eigenvalue weighted by Crippen LogP contribution is 2.33. The number of halogens is 1. The van der Waals surface area contributed by atoms with Crippen molar-refractivity contribution in [2.24, 2.45) is 0 Å². The van der Waals surface area contributed by atoms with Crippen molar-refractivity contribution in [2.45, 2.75) is 25.2 Å². The fourth-order valence-corrected chi connectivity index (χ4v) is 2.61. The quantitative estimate of drug-likeness (QED) is 0.936. The van der Waals surface area contributed by atoms with E-state index in [0.717, 1.165) is 16.7 Å². The second-order valence-electron chi connectivity index (χ2n) is 5.10. The predicted molar refractivity (Wildman–Crippen MR) is 77.5 cm³/mol. The molecule has 4 heteroatoms. The molecule has 0 saturated carbocycles. The molecule has 1 amide bonds. The summed E-state index contributed by atoms with van der Waals surface area (Å²) in [6, 6.07) is 16.2. The van der Waals surface area contributed by atoms with Crippen LogP contribution in [0.5, 0.6) is 0 Å². The van der Waals surface area contributed by atoms with E-state index in [1.54, 1.807) is 0 Å². The number of benzene rings is 2. The smallest absolute Gasteiger partial charge is 0.408 e. The van der Waals surface area contributed by atoms with Crippen molar-refractivity contribution in [2.75, 3.05) is 0 Å². The zero-order valence-electron chi connectivity index (χ0n) is 11.5. The molecule has 0 unspecified atom stereocenters. The lowest BCUT2D eigenvalue weighted by atomic mass is 10.1. The minimum absolute atomic E-state index is 0.179. The van der Waals surface area contributed by atoms with Gasteiger partial charge in [0.05, 0.1) is 6.04 Å². The van der Waals surface area contributed by atoms with Gasteiger partial charge >= 0.3 is 6.09 Å². The van der Waals surface area contributed by atoms with E-state index in [1.807, 2.05) is 54.6 Å². The number of alkyl carbamates (subject to hydrolysis) is 1. The van der Waals surface area contributed by atoms with Gasteiger partial charge < -0.3 is 10.1 Å². The van der Waals surface area contributed by atoms with Gasteiger partial charge in [-0.1, -0.05) is 54.6 Å². The first-order valence-corrected chi connectivity index (χ1v) is 6.93. The third-order valence-electron chi connectivity index (χ3n) is 3.65. The molecule has 0 aliphatic heterocycles. The zero-order chi connectivity index (χ0) is 14.7. The van der Waals surface area contributed by atoms with Crippen molar-refractivity contribution in [3.8, 4) is 0 Å². The number of rotatable bonds is 3. The number of carbonyl (C=O) groups excluding carboxylic acids is 1. The van der Waals surface area contributed by atoms with Crippen molar-refractivity contribution in [3.05, 3.63) is 71.3 Å². The van der Waals surface area contributed by atoms with E-state index >= 15 is 0 Å². The summed E-state index contributed by atoms with van der Waals surface area (Å²) in [5, 5.41) is 2.62. The molecule has 0 radical (unpaired) electrons. The summed E-state index contributed by atoms with van der Waals surface area (Å²) in [6.07, 6.45) is -1.37. The minimum Gasteiger partial charge on any atom is -0.445 e. The third-order valence-corrected chi connectivity index (χ3v) is 3.65. The van der Waals surface area contributed by atoms with Crippen LogP contribution in [-0.2, 0) is 17.8 Å². The zero-order valence-corrected chi connectivity index (χ0v) is 11.5. The third kappa shape index (κ3) is 3.05. The number of alkyl halides is 1. The van der Waals surface area contributed by atoms with Crippen LogP contribution in [0.25, 0.3) is 0 Å². The second-order valence-corrected chi connectivity index (χ2v) is 5.10. The van der Waals surface area contributed by atoms with Gasteiger partial charge in [0.2, 0.25) is 0 Å². The maximum atomic E-state index is 14.0. The summed E-state index contributed by atoms with van der Waals surface area (Å²) in [5.74, 6) is 0. The SMILES string of the molecule is O=C(N[C@H]1c2ccccc2C[C@H]1F)OCc1ccccc1. The maximum absolute atomic E-state index is 14.0.